The van der Waals surface area contributed by atoms with Crippen molar-refractivity contribution in [2.24, 2.45) is 0 Å². The van der Waals surface area contributed by atoms with Crippen LogP contribution in [0.3, 0.4) is 0 Å². The summed E-state index contributed by atoms with van der Waals surface area (Å²) in [4.78, 5) is 10.9. The highest BCUT2D eigenvalue weighted by Gasteiger charge is 2.38. The molecule has 0 saturated carbocycles. The summed E-state index contributed by atoms with van der Waals surface area (Å²) in [6.07, 6.45) is 2.51. The van der Waals surface area contributed by atoms with Crippen molar-refractivity contribution in [2.75, 3.05) is 38.1 Å². The Bertz CT molecular complexity index is 735. The van der Waals surface area contributed by atoms with Gasteiger partial charge in [-0.2, -0.15) is 0 Å². The monoisotopic (exact) mass is 569 g/mol. The number of nitrogens with zero attached hydrogens (tertiary/aromatic N) is 3. The number of anilines is 1. The predicted molar refractivity (Wildman–Crippen MR) is 108 cm³/mol. The average Bonchev–Trinajstić information content (AvgIpc) is 2.83. The molecule has 0 unspecified atom stereocenters. The van der Waals surface area contributed by atoms with Crippen LogP contribution in [0, 0.1) is 0 Å². The summed E-state index contributed by atoms with van der Waals surface area (Å²) in [6, 6.07) is 0.605. The third-order valence-electron chi connectivity index (χ3n) is 5.29. The molecule has 8 heteroatoms. The number of fused-ring (bicyclic) bond motifs is 5. The first-order chi connectivity index (χ1) is 10.9. The number of benzene rings is 1. The topological polar surface area (TPSA) is 31.9 Å². The van der Waals surface area contributed by atoms with E-state index in [0.717, 1.165) is 41.4 Å². The van der Waals surface area contributed by atoms with E-state index in [1.807, 2.05) is 0 Å². The number of hydrogen-bond acceptors (Lipinski definition) is 2. The van der Waals surface area contributed by atoms with E-state index in [4.69, 9.17) is 4.98 Å². The maximum atomic E-state index is 4.92. The second-order valence-corrected chi connectivity index (χ2v) is 9.93. The molecule has 0 aliphatic carbocycles. The number of piperidine rings is 1. The van der Waals surface area contributed by atoms with Gasteiger partial charge in [0, 0.05) is 27.8 Å². The van der Waals surface area contributed by atoms with E-state index in [9.17, 15) is 0 Å². The van der Waals surface area contributed by atoms with Gasteiger partial charge in [0.2, 0.25) is 5.95 Å². The van der Waals surface area contributed by atoms with Crippen molar-refractivity contribution in [1.29, 1.82) is 0 Å². The highest BCUT2D eigenvalue weighted by atomic mass is 79.9. The van der Waals surface area contributed by atoms with Crippen LogP contribution >= 0.6 is 63.7 Å². The van der Waals surface area contributed by atoms with Gasteiger partial charge in [0.25, 0.3) is 0 Å². The molecule has 0 amide bonds. The third-order valence-corrected chi connectivity index (χ3v) is 10.0. The zero-order valence-corrected chi connectivity index (χ0v) is 19.0. The van der Waals surface area contributed by atoms with Crippen LogP contribution in [-0.4, -0.2) is 53.7 Å². The lowest BCUT2D eigenvalue weighted by Crippen LogP contribution is -2.49. The van der Waals surface area contributed by atoms with Crippen LogP contribution in [0.15, 0.2) is 17.9 Å². The van der Waals surface area contributed by atoms with Gasteiger partial charge in [-0.15, -0.1) is 0 Å². The quantitative estimate of drug-likeness (QED) is 0.295. The van der Waals surface area contributed by atoms with Crippen molar-refractivity contribution in [2.45, 2.75) is 18.9 Å². The molecule has 4 nitrogen and oxygen atoms in total. The second-order valence-electron chi connectivity index (χ2n) is 6.75. The fourth-order valence-corrected chi connectivity index (χ4v) is 6.03. The Kier molecular flexibility index (Phi) is 4.36. The summed E-state index contributed by atoms with van der Waals surface area (Å²) in [7, 11) is 2.39. The first-order valence-electron chi connectivity index (χ1n) is 7.71. The number of likely N-dealkylation sites (N-methyl/N-ethyl adjacent to an activating group) is 1. The molecule has 0 atom stereocenters. The molecule has 3 saturated heterocycles. The van der Waals surface area contributed by atoms with Crippen molar-refractivity contribution < 1.29 is 4.48 Å². The number of rotatable bonds is 1. The molecule has 23 heavy (non-hydrogen) atoms. The lowest BCUT2D eigenvalue weighted by Gasteiger charge is -2.36. The Hall–Kier alpha value is 0.370. The van der Waals surface area contributed by atoms with Crippen molar-refractivity contribution in [3.63, 3.8) is 0 Å². The molecular weight excluding hydrogens is 556 g/mol. The molecule has 1 aromatic heterocycles. The Morgan fingerprint density at radius 1 is 1.00 bits per heavy atom. The molecule has 124 valence electrons. The zero-order chi connectivity index (χ0) is 16.4. The molecule has 2 bridgehead atoms. The van der Waals surface area contributed by atoms with Gasteiger partial charge in [-0.05, 0) is 63.7 Å². The largest absolute Gasteiger partial charge is 0.333 e. The molecule has 1 N–H and O–H groups in total. The first kappa shape index (κ1) is 16.8. The van der Waals surface area contributed by atoms with E-state index >= 15 is 0 Å². The third kappa shape index (κ3) is 2.72. The van der Waals surface area contributed by atoms with E-state index < -0.39 is 0 Å². The highest BCUT2D eigenvalue weighted by Crippen LogP contribution is 2.43. The van der Waals surface area contributed by atoms with E-state index in [1.165, 1.54) is 37.0 Å². The fraction of sp³-hybridized carbons (Fsp3) is 0.533. The van der Waals surface area contributed by atoms with E-state index in [1.54, 1.807) is 0 Å². The van der Waals surface area contributed by atoms with Gasteiger partial charge in [0.15, 0.2) is 0 Å². The summed E-state index contributed by atoms with van der Waals surface area (Å²) < 4.78 is 5.16. The summed E-state index contributed by atoms with van der Waals surface area (Å²) >= 11 is 14.6. The van der Waals surface area contributed by atoms with Crippen LogP contribution < -0.4 is 4.90 Å². The van der Waals surface area contributed by atoms with E-state index in [2.05, 4.69) is 80.7 Å². The molecule has 4 heterocycles. The van der Waals surface area contributed by atoms with Crippen molar-refractivity contribution in [3.8, 4) is 0 Å². The summed E-state index contributed by atoms with van der Waals surface area (Å²) in [5, 5.41) is 0. The SMILES string of the molecule is C[N+]12CCC(CC1)N(c1nc3c(Br)c(Br)c(Br)c(Br)c3[nH]1)CC2. The minimum absolute atomic E-state index is 0.605. The lowest BCUT2D eigenvalue weighted by molar-refractivity contribution is -0.910. The highest BCUT2D eigenvalue weighted by molar-refractivity contribution is 9.15. The van der Waals surface area contributed by atoms with Gasteiger partial charge in [-0.25, -0.2) is 4.98 Å². The summed E-state index contributed by atoms with van der Waals surface area (Å²) in [5.74, 6) is 0.992. The number of H-pyrrole nitrogens is 1. The molecule has 3 aliphatic heterocycles. The number of imidazole rings is 1. The number of hydrogen-bond donors (Lipinski definition) is 1. The number of nitrogens with one attached hydrogen (secondary N) is 1. The van der Waals surface area contributed by atoms with Crippen LogP contribution in [0.25, 0.3) is 11.0 Å². The van der Waals surface area contributed by atoms with Gasteiger partial charge in [-0.3, -0.25) is 0 Å². The molecular formula is C15H17Br4N4+. The molecule has 1 aromatic carbocycles. The smallest absolute Gasteiger partial charge is 0.204 e. The van der Waals surface area contributed by atoms with Crippen molar-refractivity contribution in [3.05, 3.63) is 17.9 Å². The van der Waals surface area contributed by atoms with Crippen LogP contribution in [0.2, 0.25) is 0 Å². The van der Waals surface area contributed by atoms with Crippen LogP contribution in [0.1, 0.15) is 12.8 Å². The summed E-state index contributed by atoms with van der Waals surface area (Å²) in [6.45, 7) is 4.83. The Morgan fingerprint density at radius 2 is 1.65 bits per heavy atom. The maximum absolute atomic E-state index is 4.92. The van der Waals surface area contributed by atoms with Gasteiger partial charge in [-0.1, -0.05) is 0 Å². The maximum Gasteiger partial charge on any atom is 0.204 e. The van der Waals surface area contributed by atoms with Crippen molar-refractivity contribution in [1.82, 2.24) is 9.97 Å². The molecule has 0 radical (unpaired) electrons. The van der Waals surface area contributed by atoms with Gasteiger partial charge < -0.3 is 14.4 Å². The Balaban J connectivity index is 1.81. The molecule has 3 aliphatic rings. The molecule has 5 rings (SSSR count). The number of aromatic nitrogens is 2. The average molecular weight is 573 g/mol. The minimum Gasteiger partial charge on any atom is -0.333 e. The fourth-order valence-electron chi connectivity index (χ4n) is 3.74. The minimum atomic E-state index is 0.605. The van der Waals surface area contributed by atoms with Crippen LogP contribution in [0.4, 0.5) is 5.95 Å². The number of halogens is 4. The van der Waals surface area contributed by atoms with Crippen LogP contribution in [0.5, 0.6) is 0 Å². The van der Waals surface area contributed by atoms with Crippen molar-refractivity contribution >= 4 is 80.7 Å². The second kappa shape index (κ2) is 5.97. The predicted octanol–water partition coefficient (Wildman–Crippen LogP) is 5.04. The number of quaternary nitrogens is 1. The lowest BCUT2D eigenvalue weighted by atomic mass is 10.0. The Labute approximate surface area is 169 Å². The molecule has 2 aromatic rings. The van der Waals surface area contributed by atoms with E-state index in [0.29, 0.717) is 6.04 Å². The standard InChI is InChI=1S/C15H17Br4N4/c1-23-5-2-8(3-6-23)22(4-7-23)15-20-13-11(18)9(16)10(17)12(19)14(13)21-15/h8H,2-7H2,1H3,(H,20,21)/q+1. The van der Waals surface area contributed by atoms with Crippen LogP contribution in [-0.2, 0) is 0 Å². The molecule has 3 fully saturated rings. The first-order valence-corrected chi connectivity index (χ1v) is 10.9. The zero-order valence-electron chi connectivity index (χ0n) is 12.7. The van der Waals surface area contributed by atoms with Gasteiger partial charge in [0.1, 0.15) is 5.52 Å². The number of aromatic amines is 1. The summed E-state index contributed by atoms with van der Waals surface area (Å²) in [5.41, 5.74) is 1.99. The van der Waals surface area contributed by atoms with E-state index in [-0.39, 0.29) is 0 Å². The Morgan fingerprint density at radius 3 is 2.35 bits per heavy atom. The van der Waals surface area contributed by atoms with Gasteiger partial charge >= 0.3 is 0 Å². The van der Waals surface area contributed by atoms with Gasteiger partial charge in [0.05, 0.1) is 47.7 Å². The molecule has 0 spiro atoms. The normalized spacial score (nSPS) is 27.7.